The summed E-state index contributed by atoms with van der Waals surface area (Å²) < 4.78 is 0. The predicted octanol–water partition coefficient (Wildman–Crippen LogP) is 2.70. The summed E-state index contributed by atoms with van der Waals surface area (Å²) in [6, 6.07) is 5.44. The molecule has 0 atom stereocenters. The summed E-state index contributed by atoms with van der Waals surface area (Å²) in [4.78, 5) is 14.2. The highest BCUT2D eigenvalue weighted by atomic mass is 16.2. The molecule has 0 heterocycles. The van der Waals surface area contributed by atoms with Gasteiger partial charge in [-0.3, -0.25) is 4.79 Å². The van der Waals surface area contributed by atoms with Gasteiger partial charge in [-0.15, -0.1) is 0 Å². The third-order valence-electron chi connectivity index (χ3n) is 2.74. The lowest BCUT2D eigenvalue weighted by Crippen LogP contribution is -2.34. The first-order chi connectivity index (χ1) is 7.95. The molecule has 0 spiro atoms. The fraction of sp³-hybridized carbons (Fsp3) is 0.500. The Kier molecular flexibility index (Phi) is 4.55. The van der Waals surface area contributed by atoms with Crippen molar-refractivity contribution in [2.45, 2.75) is 27.7 Å². The van der Waals surface area contributed by atoms with Gasteiger partial charge >= 0.3 is 0 Å². The molecular formula is C14H22N2O. The van der Waals surface area contributed by atoms with E-state index in [0.717, 1.165) is 24.2 Å². The third kappa shape index (κ3) is 3.48. The minimum atomic E-state index is 0.0960. The average molecular weight is 234 g/mol. The lowest BCUT2D eigenvalue weighted by molar-refractivity contribution is 0.0745. The highest BCUT2D eigenvalue weighted by molar-refractivity contribution is 5.96. The van der Waals surface area contributed by atoms with Gasteiger partial charge in [0.2, 0.25) is 0 Å². The number of hydrogen-bond acceptors (Lipinski definition) is 2. The van der Waals surface area contributed by atoms with Crippen molar-refractivity contribution in [2.75, 3.05) is 18.8 Å². The Bertz CT molecular complexity index is 399. The number of aryl methyl sites for hydroxylation is 1. The quantitative estimate of drug-likeness (QED) is 0.814. The number of anilines is 1. The van der Waals surface area contributed by atoms with E-state index in [2.05, 4.69) is 13.8 Å². The fourth-order valence-electron chi connectivity index (χ4n) is 1.89. The highest BCUT2D eigenvalue weighted by Gasteiger charge is 2.16. The van der Waals surface area contributed by atoms with Crippen LogP contribution >= 0.6 is 0 Å². The summed E-state index contributed by atoms with van der Waals surface area (Å²) >= 11 is 0. The summed E-state index contributed by atoms with van der Waals surface area (Å²) in [7, 11) is 0. The van der Waals surface area contributed by atoms with Crippen molar-refractivity contribution in [1.29, 1.82) is 0 Å². The molecule has 0 aromatic heterocycles. The first kappa shape index (κ1) is 13.6. The summed E-state index contributed by atoms with van der Waals surface area (Å²) in [5.74, 6) is 0.576. The number of amides is 1. The fourth-order valence-corrected chi connectivity index (χ4v) is 1.89. The van der Waals surface area contributed by atoms with Crippen molar-refractivity contribution < 1.29 is 4.79 Å². The maximum atomic E-state index is 12.3. The number of benzene rings is 1. The van der Waals surface area contributed by atoms with Crippen molar-refractivity contribution in [2.24, 2.45) is 5.92 Å². The van der Waals surface area contributed by atoms with Gasteiger partial charge in [-0.2, -0.15) is 0 Å². The van der Waals surface area contributed by atoms with Crippen LogP contribution in [0.15, 0.2) is 18.2 Å². The Morgan fingerprint density at radius 2 is 2.06 bits per heavy atom. The Hall–Kier alpha value is -1.51. The van der Waals surface area contributed by atoms with Gasteiger partial charge in [-0.05, 0) is 43.5 Å². The van der Waals surface area contributed by atoms with E-state index < -0.39 is 0 Å². The molecule has 0 aliphatic rings. The van der Waals surface area contributed by atoms with Crippen LogP contribution in [0.3, 0.4) is 0 Å². The SMILES string of the molecule is CCN(CC(C)C)C(=O)c1ccc(N)cc1C. The second kappa shape index (κ2) is 5.71. The van der Waals surface area contributed by atoms with Crippen LogP contribution in [0.2, 0.25) is 0 Å². The van der Waals surface area contributed by atoms with Crippen molar-refractivity contribution in [3.8, 4) is 0 Å². The molecule has 0 aliphatic heterocycles. The van der Waals surface area contributed by atoms with E-state index in [1.807, 2.05) is 30.9 Å². The summed E-state index contributed by atoms with van der Waals surface area (Å²) in [5.41, 5.74) is 8.09. The monoisotopic (exact) mass is 234 g/mol. The van der Waals surface area contributed by atoms with Gasteiger partial charge in [0.25, 0.3) is 5.91 Å². The lowest BCUT2D eigenvalue weighted by atomic mass is 10.1. The number of nitrogen functional groups attached to an aromatic ring is 1. The number of nitrogens with two attached hydrogens (primary N) is 1. The Balaban J connectivity index is 2.93. The minimum absolute atomic E-state index is 0.0960. The Labute approximate surface area is 104 Å². The van der Waals surface area contributed by atoms with E-state index in [9.17, 15) is 4.79 Å². The van der Waals surface area contributed by atoms with Crippen LogP contribution in [-0.4, -0.2) is 23.9 Å². The van der Waals surface area contributed by atoms with Crippen LogP contribution in [0.1, 0.15) is 36.7 Å². The van der Waals surface area contributed by atoms with E-state index in [1.165, 1.54) is 0 Å². The molecule has 1 aromatic carbocycles. The summed E-state index contributed by atoms with van der Waals surface area (Å²) in [6.45, 7) is 9.69. The molecule has 17 heavy (non-hydrogen) atoms. The topological polar surface area (TPSA) is 46.3 Å². The minimum Gasteiger partial charge on any atom is -0.399 e. The number of nitrogens with zero attached hydrogens (tertiary/aromatic N) is 1. The molecule has 3 heteroatoms. The molecule has 3 nitrogen and oxygen atoms in total. The molecule has 0 radical (unpaired) electrons. The molecule has 94 valence electrons. The molecule has 0 aliphatic carbocycles. The maximum absolute atomic E-state index is 12.3. The lowest BCUT2D eigenvalue weighted by Gasteiger charge is -2.23. The zero-order valence-corrected chi connectivity index (χ0v) is 11.2. The third-order valence-corrected chi connectivity index (χ3v) is 2.74. The first-order valence-corrected chi connectivity index (χ1v) is 6.11. The number of carbonyl (C=O) groups excluding carboxylic acids is 1. The van der Waals surface area contributed by atoms with Gasteiger partial charge in [-0.25, -0.2) is 0 Å². The number of hydrogen-bond donors (Lipinski definition) is 1. The Morgan fingerprint density at radius 1 is 1.41 bits per heavy atom. The van der Waals surface area contributed by atoms with Gasteiger partial charge in [0, 0.05) is 24.3 Å². The number of carbonyl (C=O) groups is 1. The molecule has 0 saturated heterocycles. The van der Waals surface area contributed by atoms with Crippen molar-refractivity contribution in [3.05, 3.63) is 29.3 Å². The molecule has 0 bridgehead atoms. The van der Waals surface area contributed by atoms with Gasteiger partial charge in [0.1, 0.15) is 0 Å². The van der Waals surface area contributed by atoms with Crippen LogP contribution in [-0.2, 0) is 0 Å². The first-order valence-electron chi connectivity index (χ1n) is 6.11. The second-order valence-corrected chi connectivity index (χ2v) is 4.81. The van der Waals surface area contributed by atoms with Crippen LogP contribution in [0.4, 0.5) is 5.69 Å². The van der Waals surface area contributed by atoms with Gasteiger partial charge in [0.05, 0.1) is 0 Å². The standard InChI is InChI=1S/C14H22N2O/c1-5-16(9-10(2)3)14(17)13-7-6-12(15)8-11(13)4/h6-8,10H,5,9,15H2,1-4H3. The van der Waals surface area contributed by atoms with E-state index in [1.54, 1.807) is 6.07 Å². The zero-order chi connectivity index (χ0) is 13.0. The molecule has 1 amide bonds. The summed E-state index contributed by atoms with van der Waals surface area (Å²) in [6.07, 6.45) is 0. The van der Waals surface area contributed by atoms with Crippen molar-refractivity contribution in [3.63, 3.8) is 0 Å². The molecule has 0 saturated carbocycles. The Morgan fingerprint density at radius 3 is 2.53 bits per heavy atom. The second-order valence-electron chi connectivity index (χ2n) is 4.81. The largest absolute Gasteiger partial charge is 0.399 e. The average Bonchev–Trinajstić information content (AvgIpc) is 2.24. The molecular weight excluding hydrogens is 212 g/mol. The van der Waals surface area contributed by atoms with E-state index in [-0.39, 0.29) is 5.91 Å². The molecule has 2 N–H and O–H groups in total. The summed E-state index contributed by atoms with van der Waals surface area (Å²) in [5, 5.41) is 0. The number of rotatable bonds is 4. The van der Waals surface area contributed by atoms with E-state index in [4.69, 9.17) is 5.73 Å². The van der Waals surface area contributed by atoms with Crippen LogP contribution in [0.25, 0.3) is 0 Å². The van der Waals surface area contributed by atoms with Gasteiger partial charge in [-0.1, -0.05) is 13.8 Å². The van der Waals surface area contributed by atoms with Gasteiger partial charge in [0.15, 0.2) is 0 Å². The molecule has 1 aromatic rings. The predicted molar refractivity (Wildman–Crippen MR) is 72.0 cm³/mol. The highest BCUT2D eigenvalue weighted by Crippen LogP contribution is 2.15. The van der Waals surface area contributed by atoms with Crippen molar-refractivity contribution >= 4 is 11.6 Å². The van der Waals surface area contributed by atoms with Crippen LogP contribution in [0, 0.1) is 12.8 Å². The van der Waals surface area contributed by atoms with Crippen LogP contribution in [0.5, 0.6) is 0 Å². The normalized spacial score (nSPS) is 10.6. The van der Waals surface area contributed by atoms with E-state index >= 15 is 0 Å². The van der Waals surface area contributed by atoms with Crippen LogP contribution < -0.4 is 5.73 Å². The maximum Gasteiger partial charge on any atom is 0.254 e. The zero-order valence-electron chi connectivity index (χ0n) is 11.2. The molecule has 1 rings (SSSR count). The van der Waals surface area contributed by atoms with E-state index in [0.29, 0.717) is 11.6 Å². The van der Waals surface area contributed by atoms with Gasteiger partial charge < -0.3 is 10.6 Å². The molecule has 0 fully saturated rings. The molecule has 0 unspecified atom stereocenters. The van der Waals surface area contributed by atoms with Crippen molar-refractivity contribution in [1.82, 2.24) is 4.90 Å². The smallest absolute Gasteiger partial charge is 0.254 e.